The molecule has 2 heterocycles. The monoisotopic (exact) mass is 360 g/mol. The van der Waals surface area contributed by atoms with E-state index in [0.29, 0.717) is 23.9 Å². The van der Waals surface area contributed by atoms with Crippen LogP contribution in [-0.2, 0) is 11.2 Å². The fraction of sp³-hybridized carbons (Fsp3) is 0.474. The summed E-state index contributed by atoms with van der Waals surface area (Å²) in [6, 6.07) is 7.56. The molecule has 0 radical (unpaired) electrons. The Morgan fingerprint density at radius 3 is 2.48 bits per heavy atom. The number of carbonyl (C=O) groups excluding carboxylic acids is 1. The first-order chi connectivity index (χ1) is 12.0. The van der Waals surface area contributed by atoms with Crippen LogP contribution in [0.25, 0.3) is 5.69 Å². The molecule has 25 heavy (non-hydrogen) atoms. The molecule has 3 rings (SSSR count). The van der Waals surface area contributed by atoms with E-state index < -0.39 is 0 Å². The van der Waals surface area contributed by atoms with E-state index in [4.69, 9.17) is 17.3 Å². The Morgan fingerprint density at radius 2 is 1.88 bits per heavy atom. The van der Waals surface area contributed by atoms with E-state index in [1.165, 1.54) is 0 Å². The number of aryl methyl sites for hydroxylation is 1. The van der Waals surface area contributed by atoms with Crippen LogP contribution < -0.4 is 5.73 Å². The first-order valence-corrected chi connectivity index (χ1v) is 9.16. The van der Waals surface area contributed by atoms with E-state index >= 15 is 0 Å². The lowest BCUT2D eigenvalue weighted by molar-refractivity contribution is -0.131. The maximum absolute atomic E-state index is 12.7. The van der Waals surface area contributed by atoms with E-state index in [1.807, 2.05) is 47.7 Å². The van der Waals surface area contributed by atoms with E-state index in [9.17, 15) is 4.79 Å². The lowest BCUT2D eigenvalue weighted by Gasteiger charge is -2.31. The van der Waals surface area contributed by atoms with Gasteiger partial charge in [0.2, 0.25) is 5.91 Å². The van der Waals surface area contributed by atoms with Crippen LogP contribution in [0.3, 0.4) is 0 Å². The normalized spacial score (nSPS) is 15.6. The molecule has 1 fully saturated rings. The lowest BCUT2D eigenvalue weighted by atomic mass is 9.96. The number of piperidine rings is 1. The number of likely N-dealkylation sites (tertiary alicyclic amines) is 1. The van der Waals surface area contributed by atoms with E-state index in [-0.39, 0.29) is 5.91 Å². The van der Waals surface area contributed by atoms with Crippen LogP contribution in [0.1, 0.15) is 29.8 Å². The highest BCUT2D eigenvalue weighted by Crippen LogP contribution is 2.22. The smallest absolute Gasteiger partial charge is 0.227 e. The Hall–Kier alpha value is -1.85. The van der Waals surface area contributed by atoms with Gasteiger partial charge in [-0.25, -0.2) is 4.68 Å². The summed E-state index contributed by atoms with van der Waals surface area (Å²) in [7, 11) is 0. The molecule has 1 saturated heterocycles. The van der Waals surface area contributed by atoms with Gasteiger partial charge in [0.15, 0.2) is 0 Å². The molecule has 6 heteroatoms. The number of hydrogen-bond donors (Lipinski definition) is 1. The molecular weight excluding hydrogens is 336 g/mol. The van der Waals surface area contributed by atoms with Gasteiger partial charge in [-0.2, -0.15) is 5.10 Å². The summed E-state index contributed by atoms with van der Waals surface area (Å²) >= 11 is 5.96. The number of benzene rings is 1. The van der Waals surface area contributed by atoms with Crippen LogP contribution >= 0.6 is 11.6 Å². The highest BCUT2D eigenvalue weighted by molar-refractivity contribution is 6.30. The van der Waals surface area contributed by atoms with Crippen molar-refractivity contribution in [3.63, 3.8) is 0 Å². The van der Waals surface area contributed by atoms with Crippen molar-refractivity contribution in [1.29, 1.82) is 0 Å². The maximum Gasteiger partial charge on any atom is 0.227 e. The third kappa shape index (κ3) is 3.88. The highest BCUT2D eigenvalue weighted by atomic mass is 35.5. The van der Waals surface area contributed by atoms with Gasteiger partial charge in [-0.3, -0.25) is 4.79 Å². The molecule has 1 aromatic carbocycles. The second-order valence-corrected chi connectivity index (χ2v) is 7.21. The van der Waals surface area contributed by atoms with Gasteiger partial charge in [0, 0.05) is 29.4 Å². The molecule has 1 aliphatic heterocycles. The molecule has 0 unspecified atom stereocenters. The summed E-state index contributed by atoms with van der Waals surface area (Å²) in [5.74, 6) is 0.734. The van der Waals surface area contributed by atoms with E-state index in [0.717, 1.165) is 48.6 Å². The van der Waals surface area contributed by atoms with Gasteiger partial charge in [0.25, 0.3) is 0 Å². The van der Waals surface area contributed by atoms with Gasteiger partial charge in [-0.05, 0) is 63.4 Å². The first kappa shape index (κ1) is 18.0. The summed E-state index contributed by atoms with van der Waals surface area (Å²) in [6.45, 7) is 6.31. The topological polar surface area (TPSA) is 64.2 Å². The van der Waals surface area contributed by atoms with Crippen molar-refractivity contribution >= 4 is 17.5 Å². The number of aromatic nitrogens is 2. The summed E-state index contributed by atoms with van der Waals surface area (Å²) in [6.07, 6.45) is 2.41. The largest absolute Gasteiger partial charge is 0.342 e. The van der Waals surface area contributed by atoms with Crippen molar-refractivity contribution in [2.24, 2.45) is 11.7 Å². The Balaban J connectivity index is 1.75. The minimum atomic E-state index is 0.178. The summed E-state index contributed by atoms with van der Waals surface area (Å²) < 4.78 is 1.88. The van der Waals surface area contributed by atoms with Crippen LogP contribution in [0.2, 0.25) is 5.02 Å². The third-order valence-corrected chi connectivity index (χ3v) is 5.39. The summed E-state index contributed by atoms with van der Waals surface area (Å²) in [5.41, 5.74) is 9.60. The molecule has 0 atom stereocenters. The fourth-order valence-electron chi connectivity index (χ4n) is 3.45. The fourth-order valence-corrected chi connectivity index (χ4v) is 3.57. The van der Waals surface area contributed by atoms with Crippen molar-refractivity contribution in [3.05, 3.63) is 46.2 Å². The van der Waals surface area contributed by atoms with Gasteiger partial charge in [-0.1, -0.05) is 11.6 Å². The molecule has 134 valence electrons. The Kier molecular flexibility index (Phi) is 5.45. The Labute approximate surface area is 153 Å². The average Bonchev–Trinajstić information content (AvgIpc) is 2.90. The zero-order valence-electron chi connectivity index (χ0n) is 14.8. The number of nitrogens with two attached hydrogens (primary N) is 1. The average molecular weight is 361 g/mol. The molecular formula is C19H25ClN4O. The maximum atomic E-state index is 12.7. The summed E-state index contributed by atoms with van der Waals surface area (Å²) in [5, 5.41) is 5.32. The van der Waals surface area contributed by atoms with Gasteiger partial charge < -0.3 is 10.6 Å². The van der Waals surface area contributed by atoms with Crippen molar-refractivity contribution in [3.8, 4) is 5.69 Å². The Bertz CT molecular complexity index is 746. The number of carbonyl (C=O) groups is 1. The summed E-state index contributed by atoms with van der Waals surface area (Å²) in [4.78, 5) is 14.7. The lowest BCUT2D eigenvalue weighted by Crippen LogP contribution is -2.40. The second kappa shape index (κ2) is 7.58. The molecule has 0 saturated carbocycles. The molecule has 2 aromatic rings. The molecule has 1 aliphatic rings. The van der Waals surface area contributed by atoms with Crippen molar-refractivity contribution in [2.75, 3.05) is 19.6 Å². The quantitative estimate of drug-likeness (QED) is 0.911. The van der Waals surface area contributed by atoms with Gasteiger partial charge in [0.1, 0.15) is 0 Å². The van der Waals surface area contributed by atoms with Crippen LogP contribution in [0.5, 0.6) is 0 Å². The Morgan fingerprint density at radius 1 is 1.24 bits per heavy atom. The standard InChI is InChI=1S/C19H25ClN4O/c1-13-18(11-19(25)23-9-7-15(12-21)8-10-23)14(2)24(22-13)17-5-3-16(20)4-6-17/h3-6,15H,7-12,21H2,1-2H3. The highest BCUT2D eigenvalue weighted by Gasteiger charge is 2.24. The molecule has 1 aromatic heterocycles. The van der Waals surface area contributed by atoms with Crippen LogP contribution in [0.15, 0.2) is 24.3 Å². The number of nitrogens with zero attached hydrogens (tertiary/aromatic N) is 3. The number of amides is 1. The van der Waals surface area contributed by atoms with E-state index in [1.54, 1.807) is 0 Å². The minimum absolute atomic E-state index is 0.178. The second-order valence-electron chi connectivity index (χ2n) is 6.77. The van der Waals surface area contributed by atoms with Gasteiger partial charge >= 0.3 is 0 Å². The van der Waals surface area contributed by atoms with Crippen molar-refractivity contribution in [1.82, 2.24) is 14.7 Å². The van der Waals surface area contributed by atoms with Gasteiger partial charge in [0.05, 0.1) is 17.8 Å². The van der Waals surface area contributed by atoms with Crippen LogP contribution in [-0.4, -0.2) is 40.2 Å². The minimum Gasteiger partial charge on any atom is -0.342 e. The SMILES string of the molecule is Cc1nn(-c2ccc(Cl)cc2)c(C)c1CC(=O)N1CCC(CN)CC1. The first-order valence-electron chi connectivity index (χ1n) is 8.78. The number of halogens is 1. The van der Waals surface area contributed by atoms with Crippen LogP contribution in [0, 0.1) is 19.8 Å². The molecule has 0 spiro atoms. The molecule has 0 bridgehead atoms. The zero-order valence-corrected chi connectivity index (χ0v) is 15.6. The number of rotatable bonds is 4. The van der Waals surface area contributed by atoms with Crippen LogP contribution in [0.4, 0.5) is 0 Å². The molecule has 1 amide bonds. The van der Waals surface area contributed by atoms with Crippen molar-refractivity contribution < 1.29 is 4.79 Å². The molecule has 5 nitrogen and oxygen atoms in total. The predicted molar refractivity (Wildman–Crippen MR) is 100 cm³/mol. The van der Waals surface area contributed by atoms with Crippen molar-refractivity contribution in [2.45, 2.75) is 33.1 Å². The van der Waals surface area contributed by atoms with Gasteiger partial charge in [-0.15, -0.1) is 0 Å². The zero-order chi connectivity index (χ0) is 18.0. The molecule has 0 aliphatic carbocycles. The van der Waals surface area contributed by atoms with E-state index in [2.05, 4.69) is 5.10 Å². The third-order valence-electron chi connectivity index (χ3n) is 5.14. The predicted octanol–water partition coefficient (Wildman–Crippen LogP) is 2.88. The number of hydrogen-bond acceptors (Lipinski definition) is 3. The molecule has 2 N–H and O–H groups in total.